The number of Topliss-reactive ketones (excluding diaryl/α,β-unsaturated/α-hetero) is 1. The first kappa shape index (κ1) is 26.6. The summed E-state index contributed by atoms with van der Waals surface area (Å²) in [6, 6.07) is 4.92. The summed E-state index contributed by atoms with van der Waals surface area (Å²) in [7, 11) is 3.02. The molecule has 11 heteroatoms. The summed E-state index contributed by atoms with van der Waals surface area (Å²) in [5, 5.41) is 0.103. The van der Waals surface area contributed by atoms with Gasteiger partial charge in [-0.3, -0.25) is 9.78 Å². The number of nitrogen functional groups attached to an aromatic ring is 1. The number of thiazole rings is 1. The first-order valence-corrected chi connectivity index (χ1v) is 12.7. The minimum atomic E-state index is -0.777. The number of halogens is 2. The number of anilines is 1. The Labute approximate surface area is 217 Å². The van der Waals surface area contributed by atoms with Crippen molar-refractivity contribution in [2.24, 2.45) is 11.7 Å². The summed E-state index contributed by atoms with van der Waals surface area (Å²) in [4.78, 5) is 35.2. The first-order chi connectivity index (χ1) is 17.6. The molecule has 0 unspecified atom stereocenters. The molecule has 1 saturated carbocycles. The van der Waals surface area contributed by atoms with Crippen LogP contribution in [0.15, 0.2) is 36.7 Å². The number of amides is 1. The fourth-order valence-electron chi connectivity index (χ4n) is 5.34. The number of ketones is 1. The molecule has 0 saturated heterocycles. The van der Waals surface area contributed by atoms with Gasteiger partial charge in [0.15, 0.2) is 5.78 Å². The molecular formula is C26H29F2N5O3S. The zero-order valence-electron chi connectivity index (χ0n) is 20.8. The van der Waals surface area contributed by atoms with Crippen LogP contribution in [0.3, 0.4) is 0 Å². The molecule has 4 rings (SSSR count). The Morgan fingerprint density at radius 1 is 1.22 bits per heavy atom. The van der Waals surface area contributed by atoms with Crippen LogP contribution in [0.25, 0.3) is 10.6 Å². The highest BCUT2D eigenvalue weighted by molar-refractivity contribution is 7.19. The molecule has 2 heterocycles. The molecule has 1 fully saturated rings. The van der Waals surface area contributed by atoms with Gasteiger partial charge < -0.3 is 21.1 Å². The average molecular weight is 530 g/mol. The van der Waals surface area contributed by atoms with E-state index in [4.69, 9.17) is 16.2 Å². The van der Waals surface area contributed by atoms with Crippen LogP contribution < -0.4 is 11.5 Å². The van der Waals surface area contributed by atoms with Crippen molar-refractivity contribution >= 4 is 28.2 Å². The Morgan fingerprint density at radius 2 is 1.92 bits per heavy atom. The second-order valence-corrected chi connectivity index (χ2v) is 10.4. The number of likely N-dealkylation sites (N-methyl/N-ethyl adjacent to an activating group) is 1. The van der Waals surface area contributed by atoms with Crippen molar-refractivity contribution in [3.05, 3.63) is 65.1 Å². The number of carbonyl (C=O) groups excluding carboxylic acids is 2. The van der Waals surface area contributed by atoms with Gasteiger partial charge in [0.2, 0.25) is 0 Å². The van der Waals surface area contributed by atoms with Crippen LogP contribution in [0.2, 0.25) is 0 Å². The Balaban J connectivity index is 1.56. The van der Waals surface area contributed by atoms with E-state index in [1.807, 2.05) is 13.0 Å². The third kappa shape index (κ3) is 5.33. The number of methoxy groups -OCH3 is 1. The second-order valence-electron chi connectivity index (χ2n) is 9.38. The number of aromatic nitrogens is 2. The third-order valence-electron chi connectivity index (χ3n) is 6.97. The molecule has 2 aromatic heterocycles. The topological polar surface area (TPSA) is 124 Å². The van der Waals surface area contributed by atoms with Gasteiger partial charge >= 0.3 is 6.09 Å². The highest BCUT2D eigenvalue weighted by atomic mass is 32.1. The van der Waals surface area contributed by atoms with Crippen molar-refractivity contribution in [2.45, 2.75) is 44.2 Å². The largest absolute Gasteiger partial charge is 0.453 e. The maximum absolute atomic E-state index is 14.2. The first-order valence-electron chi connectivity index (χ1n) is 11.8. The lowest BCUT2D eigenvalue weighted by Gasteiger charge is -2.43. The minimum absolute atomic E-state index is 0.00991. The molecule has 1 aromatic carbocycles. The number of pyridine rings is 1. The van der Waals surface area contributed by atoms with E-state index in [2.05, 4.69) is 9.97 Å². The lowest BCUT2D eigenvalue weighted by molar-refractivity contribution is 0.0776. The number of benzene rings is 1. The molecule has 4 N–H and O–H groups in total. The predicted octanol–water partition coefficient (Wildman–Crippen LogP) is 4.40. The summed E-state index contributed by atoms with van der Waals surface area (Å²) in [6.07, 6.45) is 4.20. The Hall–Kier alpha value is -3.44. The van der Waals surface area contributed by atoms with Gasteiger partial charge in [-0.2, -0.15) is 0 Å². The maximum Gasteiger partial charge on any atom is 0.409 e. The van der Waals surface area contributed by atoms with E-state index in [9.17, 15) is 18.4 Å². The molecule has 0 aliphatic heterocycles. The number of nitrogens with two attached hydrogens (primary N) is 2. The molecule has 3 aromatic rings. The fourth-order valence-corrected chi connectivity index (χ4v) is 6.24. The summed E-state index contributed by atoms with van der Waals surface area (Å²) in [6.45, 7) is 2.04. The molecule has 1 aliphatic carbocycles. The minimum Gasteiger partial charge on any atom is -0.453 e. The standard InChI is InChI=1S/C26H29F2N5O3S/c1-13-9-14(10-19(29)23(13)33(2)26(35)36-3)16-7-8-31-12-15(16)11-20(34)22-24(30)37-25(32-22)21-17(27)5-4-6-18(21)28/h4-8,12-14,19,23H,9-11,29-30H2,1-3H3/t13-,14+,19+,23-/m1/s1. The molecule has 0 bridgehead atoms. The van der Waals surface area contributed by atoms with E-state index in [1.54, 1.807) is 24.3 Å². The zero-order valence-corrected chi connectivity index (χ0v) is 21.6. The SMILES string of the molecule is COC(=O)N(C)[C@@H]1[C@H](C)C[C@H](c2ccncc2CC(=O)c2nc(-c3c(F)cccc3F)sc2N)C[C@@H]1N. The predicted molar refractivity (Wildman–Crippen MR) is 137 cm³/mol. The van der Waals surface area contributed by atoms with Gasteiger partial charge in [0, 0.05) is 31.9 Å². The number of rotatable bonds is 6. The van der Waals surface area contributed by atoms with E-state index >= 15 is 0 Å². The lowest BCUT2D eigenvalue weighted by Crippen LogP contribution is -2.55. The third-order valence-corrected chi connectivity index (χ3v) is 7.87. The van der Waals surface area contributed by atoms with Crippen LogP contribution in [-0.4, -0.2) is 53.0 Å². The van der Waals surface area contributed by atoms with Crippen molar-refractivity contribution < 1.29 is 23.1 Å². The molecule has 0 radical (unpaired) electrons. The van der Waals surface area contributed by atoms with Crippen molar-refractivity contribution in [1.82, 2.24) is 14.9 Å². The molecular weight excluding hydrogens is 500 g/mol. The van der Waals surface area contributed by atoms with E-state index in [0.29, 0.717) is 12.0 Å². The normalized spacial score (nSPS) is 21.5. The number of hydrogen-bond acceptors (Lipinski definition) is 8. The number of hydrogen-bond donors (Lipinski definition) is 2. The molecule has 4 atom stereocenters. The average Bonchev–Trinajstić information content (AvgIpc) is 3.24. The Kier molecular flexibility index (Phi) is 7.84. The fraction of sp³-hybridized carbons (Fsp3) is 0.385. The lowest BCUT2D eigenvalue weighted by atomic mass is 9.72. The van der Waals surface area contributed by atoms with Crippen LogP contribution in [0.1, 0.15) is 47.3 Å². The van der Waals surface area contributed by atoms with Gasteiger partial charge in [-0.15, -0.1) is 0 Å². The van der Waals surface area contributed by atoms with Crippen molar-refractivity contribution in [3.8, 4) is 10.6 Å². The summed E-state index contributed by atoms with van der Waals surface area (Å²) in [5.41, 5.74) is 13.9. The summed E-state index contributed by atoms with van der Waals surface area (Å²) in [5.74, 6) is -1.79. The number of nitrogens with zero attached hydrogens (tertiary/aromatic N) is 3. The summed E-state index contributed by atoms with van der Waals surface area (Å²) >= 11 is 0.866. The molecule has 0 spiro atoms. The highest BCUT2D eigenvalue weighted by Crippen LogP contribution is 2.39. The van der Waals surface area contributed by atoms with E-state index in [0.717, 1.165) is 35.5 Å². The van der Waals surface area contributed by atoms with Crippen LogP contribution in [-0.2, 0) is 11.2 Å². The van der Waals surface area contributed by atoms with Crippen molar-refractivity contribution in [2.75, 3.05) is 19.9 Å². The van der Waals surface area contributed by atoms with Crippen LogP contribution in [0.5, 0.6) is 0 Å². The number of ether oxygens (including phenoxy) is 1. The number of carbonyl (C=O) groups is 2. The Morgan fingerprint density at radius 3 is 2.57 bits per heavy atom. The second kappa shape index (κ2) is 10.9. The van der Waals surface area contributed by atoms with E-state index < -0.39 is 17.7 Å². The Bertz CT molecular complexity index is 1280. The molecule has 1 amide bonds. The van der Waals surface area contributed by atoms with Gasteiger partial charge in [-0.05, 0) is 54.0 Å². The summed E-state index contributed by atoms with van der Waals surface area (Å²) < 4.78 is 33.3. The zero-order chi connectivity index (χ0) is 26.9. The van der Waals surface area contributed by atoms with Gasteiger partial charge in [-0.25, -0.2) is 18.6 Å². The smallest absolute Gasteiger partial charge is 0.409 e. The van der Waals surface area contributed by atoms with Gasteiger partial charge in [0.05, 0.1) is 18.7 Å². The van der Waals surface area contributed by atoms with Gasteiger partial charge in [0.25, 0.3) is 0 Å². The van der Waals surface area contributed by atoms with Crippen LogP contribution in [0.4, 0.5) is 18.6 Å². The molecule has 1 aliphatic rings. The van der Waals surface area contributed by atoms with Crippen LogP contribution >= 0.6 is 11.3 Å². The van der Waals surface area contributed by atoms with Crippen molar-refractivity contribution in [1.29, 1.82) is 0 Å². The molecule has 8 nitrogen and oxygen atoms in total. The highest BCUT2D eigenvalue weighted by Gasteiger charge is 2.39. The van der Waals surface area contributed by atoms with Gasteiger partial charge in [-0.1, -0.05) is 24.3 Å². The van der Waals surface area contributed by atoms with Gasteiger partial charge in [0.1, 0.15) is 27.3 Å². The molecule has 37 heavy (non-hydrogen) atoms. The van der Waals surface area contributed by atoms with Crippen LogP contribution in [0, 0.1) is 17.6 Å². The molecule has 196 valence electrons. The van der Waals surface area contributed by atoms with E-state index in [1.165, 1.54) is 13.2 Å². The maximum atomic E-state index is 14.2. The van der Waals surface area contributed by atoms with Crippen molar-refractivity contribution in [3.63, 3.8) is 0 Å². The van der Waals surface area contributed by atoms with E-state index in [-0.39, 0.29) is 57.4 Å². The quantitative estimate of drug-likeness (QED) is 0.454. The monoisotopic (exact) mass is 529 g/mol.